The number of hydrogen-bond acceptors (Lipinski definition) is 3. The first-order valence-corrected chi connectivity index (χ1v) is 8.50. The fourth-order valence-electron chi connectivity index (χ4n) is 2.80. The predicted molar refractivity (Wildman–Crippen MR) is 85.2 cm³/mol. The van der Waals surface area contributed by atoms with E-state index in [1.54, 1.807) is 0 Å². The lowest BCUT2D eigenvalue weighted by Crippen LogP contribution is -2.35. The first-order chi connectivity index (χ1) is 9.63. The van der Waals surface area contributed by atoms with Gasteiger partial charge in [0.1, 0.15) is 0 Å². The van der Waals surface area contributed by atoms with E-state index in [2.05, 4.69) is 36.6 Å². The van der Waals surface area contributed by atoms with Gasteiger partial charge in [-0.2, -0.15) is 0 Å². The lowest BCUT2D eigenvalue weighted by molar-refractivity contribution is -0.122. The SMILES string of the molecule is Cc1ccc(CC(C)NC(=O)CCC2CCCNC2)s1. The van der Waals surface area contributed by atoms with Crippen LogP contribution in [0.1, 0.15) is 42.4 Å². The summed E-state index contributed by atoms with van der Waals surface area (Å²) in [6, 6.07) is 4.53. The third kappa shape index (κ3) is 5.25. The summed E-state index contributed by atoms with van der Waals surface area (Å²) in [6.07, 6.45) is 5.14. The quantitative estimate of drug-likeness (QED) is 0.847. The van der Waals surface area contributed by atoms with Crippen LogP contribution in [-0.4, -0.2) is 25.0 Å². The highest BCUT2D eigenvalue weighted by Crippen LogP contribution is 2.17. The van der Waals surface area contributed by atoms with Crippen LogP contribution in [0.2, 0.25) is 0 Å². The Labute approximate surface area is 126 Å². The van der Waals surface area contributed by atoms with Crippen LogP contribution in [0.15, 0.2) is 12.1 Å². The zero-order chi connectivity index (χ0) is 14.4. The van der Waals surface area contributed by atoms with Gasteiger partial charge in [-0.15, -0.1) is 11.3 Å². The molecular weight excluding hydrogens is 268 g/mol. The van der Waals surface area contributed by atoms with E-state index in [1.165, 1.54) is 22.6 Å². The number of hydrogen-bond donors (Lipinski definition) is 2. The molecule has 1 saturated heterocycles. The normalized spacial score (nSPS) is 20.6. The van der Waals surface area contributed by atoms with Gasteiger partial charge < -0.3 is 10.6 Å². The van der Waals surface area contributed by atoms with Gasteiger partial charge in [0, 0.05) is 28.6 Å². The van der Waals surface area contributed by atoms with Gasteiger partial charge in [0.25, 0.3) is 0 Å². The predicted octanol–water partition coefficient (Wildman–Crippen LogP) is 2.88. The maximum atomic E-state index is 12.0. The van der Waals surface area contributed by atoms with Crippen LogP contribution < -0.4 is 10.6 Å². The van der Waals surface area contributed by atoms with Crippen molar-refractivity contribution in [2.24, 2.45) is 5.92 Å². The summed E-state index contributed by atoms with van der Waals surface area (Å²) in [5.41, 5.74) is 0. The van der Waals surface area contributed by atoms with Crippen molar-refractivity contribution in [1.29, 1.82) is 0 Å². The fraction of sp³-hybridized carbons (Fsp3) is 0.688. The third-order valence-corrected chi connectivity index (χ3v) is 4.91. The Morgan fingerprint density at radius 2 is 2.40 bits per heavy atom. The Balaban J connectivity index is 1.65. The third-order valence-electron chi connectivity index (χ3n) is 3.89. The minimum absolute atomic E-state index is 0.205. The second-order valence-corrected chi connectivity index (χ2v) is 7.31. The Kier molecular flexibility index (Phi) is 6.05. The van der Waals surface area contributed by atoms with Gasteiger partial charge in [-0.1, -0.05) is 0 Å². The standard InChI is InChI=1S/C16H26N2OS/c1-12(10-15-7-5-13(2)20-15)18-16(19)8-6-14-4-3-9-17-11-14/h5,7,12,14,17H,3-4,6,8-11H2,1-2H3,(H,18,19). The zero-order valence-electron chi connectivity index (χ0n) is 12.6. The molecule has 2 heterocycles. The molecule has 2 rings (SSSR count). The van der Waals surface area contributed by atoms with Crippen LogP contribution in [0, 0.1) is 12.8 Å². The van der Waals surface area contributed by atoms with Crippen molar-refractivity contribution < 1.29 is 4.79 Å². The largest absolute Gasteiger partial charge is 0.353 e. The number of carbonyl (C=O) groups is 1. The Morgan fingerprint density at radius 3 is 3.05 bits per heavy atom. The topological polar surface area (TPSA) is 41.1 Å². The van der Waals surface area contributed by atoms with Crippen LogP contribution >= 0.6 is 11.3 Å². The first kappa shape index (κ1) is 15.5. The number of piperidine rings is 1. The van der Waals surface area contributed by atoms with E-state index < -0.39 is 0 Å². The van der Waals surface area contributed by atoms with Crippen molar-refractivity contribution in [2.75, 3.05) is 13.1 Å². The minimum atomic E-state index is 0.205. The number of thiophene rings is 1. The molecule has 1 fully saturated rings. The molecule has 0 aromatic carbocycles. The van der Waals surface area contributed by atoms with E-state index in [0.29, 0.717) is 12.3 Å². The first-order valence-electron chi connectivity index (χ1n) is 7.69. The van der Waals surface area contributed by atoms with E-state index in [0.717, 1.165) is 25.9 Å². The molecule has 0 spiro atoms. The minimum Gasteiger partial charge on any atom is -0.353 e. The van der Waals surface area contributed by atoms with E-state index in [1.807, 2.05) is 11.3 Å². The molecule has 1 aliphatic heterocycles. The van der Waals surface area contributed by atoms with Crippen molar-refractivity contribution in [3.63, 3.8) is 0 Å². The lowest BCUT2D eigenvalue weighted by Gasteiger charge is -2.22. The van der Waals surface area contributed by atoms with Crippen molar-refractivity contribution in [2.45, 2.75) is 52.0 Å². The molecule has 0 bridgehead atoms. The zero-order valence-corrected chi connectivity index (χ0v) is 13.4. The van der Waals surface area contributed by atoms with Crippen LogP contribution in [0.5, 0.6) is 0 Å². The second kappa shape index (κ2) is 7.79. The van der Waals surface area contributed by atoms with Gasteiger partial charge in [0.15, 0.2) is 0 Å². The van der Waals surface area contributed by atoms with Gasteiger partial charge in [-0.05, 0) is 64.3 Å². The highest BCUT2D eigenvalue weighted by atomic mass is 32.1. The van der Waals surface area contributed by atoms with Gasteiger partial charge in [-0.3, -0.25) is 4.79 Å². The highest BCUT2D eigenvalue weighted by Gasteiger charge is 2.15. The number of carbonyl (C=O) groups excluding carboxylic acids is 1. The summed E-state index contributed by atoms with van der Waals surface area (Å²) in [4.78, 5) is 14.7. The lowest BCUT2D eigenvalue weighted by atomic mass is 9.94. The Morgan fingerprint density at radius 1 is 1.55 bits per heavy atom. The number of aryl methyl sites for hydroxylation is 1. The summed E-state index contributed by atoms with van der Waals surface area (Å²) in [6.45, 7) is 6.43. The van der Waals surface area contributed by atoms with Crippen molar-refractivity contribution in [3.05, 3.63) is 21.9 Å². The maximum Gasteiger partial charge on any atom is 0.220 e. The summed E-state index contributed by atoms with van der Waals surface area (Å²) in [5, 5.41) is 6.53. The second-order valence-electron chi connectivity index (χ2n) is 5.94. The summed E-state index contributed by atoms with van der Waals surface area (Å²) in [5.74, 6) is 0.890. The van der Waals surface area contributed by atoms with E-state index in [9.17, 15) is 4.79 Å². The monoisotopic (exact) mass is 294 g/mol. The van der Waals surface area contributed by atoms with Crippen molar-refractivity contribution >= 4 is 17.2 Å². The fourth-order valence-corrected chi connectivity index (χ4v) is 3.82. The molecule has 2 atom stereocenters. The molecule has 2 N–H and O–H groups in total. The van der Waals surface area contributed by atoms with Gasteiger partial charge in [0.05, 0.1) is 0 Å². The Bertz CT molecular complexity index is 424. The van der Waals surface area contributed by atoms with E-state index in [-0.39, 0.29) is 11.9 Å². The summed E-state index contributed by atoms with van der Waals surface area (Å²) >= 11 is 1.82. The molecule has 2 unspecified atom stereocenters. The van der Waals surface area contributed by atoms with Crippen molar-refractivity contribution in [3.8, 4) is 0 Å². The molecule has 1 amide bonds. The van der Waals surface area contributed by atoms with Crippen LogP contribution in [0.25, 0.3) is 0 Å². The van der Waals surface area contributed by atoms with Gasteiger partial charge >= 0.3 is 0 Å². The molecule has 4 heteroatoms. The average Bonchev–Trinajstić information content (AvgIpc) is 2.83. The average molecular weight is 294 g/mol. The highest BCUT2D eigenvalue weighted by molar-refractivity contribution is 7.11. The van der Waals surface area contributed by atoms with E-state index >= 15 is 0 Å². The number of nitrogens with one attached hydrogen (secondary N) is 2. The van der Waals surface area contributed by atoms with Crippen LogP contribution in [0.3, 0.4) is 0 Å². The molecule has 0 saturated carbocycles. The molecule has 112 valence electrons. The molecule has 0 radical (unpaired) electrons. The molecule has 20 heavy (non-hydrogen) atoms. The molecule has 1 aromatic heterocycles. The van der Waals surface area contributed by atoms with E-state index in [4.69, 9.17) is 0 Å². The smallest absolute Gasteiger partial charge is 0.220 e. The molecule has 1 aliphatic rings. The Hall–Kier alpha value is -0.870. The van der Waals surface area contributed by atoms with Crippen LogP contribution in [-0.2, 0) is 11.2 Å². The summed E-state index contributed by atoms with van der Waals surface area (Å²) < 4.78 is 0. The van der Waals surface area contributed by atoms with Gasteiger partial charge in [-0.25, -0.2) is 0 Å². The molecule has 0 aliphatic carbocycles. The number of rotatable bonds is 6. The van der Waals surface area contributed by atoms with Gasteiger partial charge in [0.2, 0.25) is 5.91 Å². The number of amides is 1. The summed E-state index contributed by atoms with van der Waals surface area (Å²) in [7, 11) is 0. The van der Waals surface area contributed by atoms with Crippen LogP contribution in [0.4, 0.5) is 0 Å². The molecule has 1 aromatic rings. The van der Waals surface area contributed by atoms with Crippen molar-refractivity contribution in [1.82, 2.24) is 10.6 Å². The molecule has 3 nitrogen and oxygen atoms in total. The maximum absolute atomic E-state index is 12.0. The molecular formula is C16H26N2OS.